The molecule has 320 valence electrons. The lowest BCUT2D eigenvalue weighted by atomic mass is 9.99. The molecule has 6 aromatic rings. The van der Waals surface area contributed by atoms with Crippen molar-refractivity contribution in [2.24, 2.45) is 4.99 Å². The molecule has 0 saturated carbocycles. The quantitative estimate of drug-likeness (QED) is 0.0759. The molecule has 62 heavy (non-hydrogen) atoms. The predicted octanol–water partition coefficient (Wildman–Crippen LogP) is 6.04. The number of aryl methyl sites for hydroxylation is 2. The van der Waals surface area contributed by atoms with Crippen LogP contribution in [0.15, 0.2) is 82.7 Å². The molecular formula is C44H44ClN9O7S. The van der Waals surface area contributed by atoms with Crippen molar-refractivity contribution in [1.29, 1.82) is 0 Å². The molecule has 3 aromatic heterocycles. The number of nitrogens with one attached hydrogen (secondary N) is 3. The Kier molecular flexibility index (Phi) is 12.8. The SMILES string of the molecule is Cc1sc2c(c1C)C(c1ccc(Cl)cc1)=N[C@@H](CC(=O)Nc1cccc(OCCOCCOCCNc3cccc4c(=O)n(C5CCC(=O)NC5=O)ncc34)c1)c1nnc(C)n1-2. The van der Waals surface area contributed by atoms with E-state index in [2.05, 4.69) is 45.1 Å². The maximum Gasteiger partial charge on any atom is 0.275 e. The molecule has 0 spiro atoms. The summed E-state index contributed by atoms with van der Waals surface area (Å²) in [4.78, 5) is 57.0. The maximum atomic E-state index is 13.6. The molecule has 5 heterocycles. The first-order valence-electron chi connectivity index (χ1n) is 20.2. The summed E-state index contributed by atoms with van der Waals surface area (Å²) in [5.74, 6) is 0.784. The number of carbonyl (C=O) groups excluding carboxylic acids is 3. The van der Waals surface area contributed by atoms with Crippen molar-refractivity contribution >= 4 is 68.5 Å². The topological polar surface area (TPSA) is 193 Å². The Morgan fingerprint density at radius 1 is 0.935 bits per heavy atom. The van der Waals surface area contributed by atoms with Gasteiger partial charge in [-0.25, -0.2) is 4.68 Å². The van der Waals surface area contributed by atoms with Gasteiger partial charge in [-0.1, -0.05) is 35.9 Å². The minimum absolute atomic E-state index is 0.0380. The standard InChI is InChI=1S/C44H44ClN9O7S/c1-25-26(2)62-44-39(25)40(28-10-12-29(45)13-11-28)49-35(41-52-51-27(3)53(41)44)23-38(56)48-30-6-4-7-31(22-30)61-21-20-60-19-18-59-17-16-46-34-9-5-8-32-33(34)24-47-54(43(32)58)36-14-15-37(55)50-42(36)57/h4-13,22,24,35-36,46H,14-21,23H2,1-3H3,(H,48,56)(H,50,55,57)/t35-,36?/m0/s1. The number of aliphatic imine (C=N–C) groups is 1. The number of ether oxygens (including phenoxy) is 3. The summed E-state index contributed by atoms with van der Waals surface area (Å²) >= 11 is 7.90. The summed E-state index contributed by atoms with van der Waals surface area (Å²) in [6.45, 7) is 8.30. The van der Waals surface area contributed by atoms with Crippen molar-refractivity contribution in [2.45, 2.75) is 52.1 Å². The minimum atomic E-state index is -0.828. The summed E-state index contributed by atoms with van der Waals surface area (Å²) in [6, 6.07) is 18.6. The molecule has 16 nitrogen and oxygen atoms in total. The van der Waals surface area contributed by atoms with E-state index in [1.165, 1.54) is 4.88 Å². The molecule has 18 heteroatoms. The fourth-order valence-electron chi connectivity index (χ4n) is 7.46. The first kappa shape index (κ1) is 42.4. The summed E-state index contributed by atoms with van der Waals surface area (Å²) < 4.78 is 20.5. The Balaban J connectivity index is 0.788. The number of aromatic nitrogens is 5. The molecule has 1 fully saturated rings. The van der Waals surface area contributed by atoms with Crippen molar-refractivity contribution in [3.63, 3.8) is 0 Å². The van der Waals surface area contributed by atoms with Crippen molar-refractivity contribution in [3.05, 3.63) is 122 Å². The van der Waals surface area contributed by atoms with Gasteiger partial charge in [-0.15, -0.1) is 21.5 Å². The van der Waals surface area contributed by atoms with Crippen LogP contribution in [0.4, 0.5) is 11.4 Å². The van der Waals surface area contributed by atoms with E-state index in [0.717, 1.165) is 37.9 Å². The largest absolute Gasteiger partial charge is 0.491 e. The zero-order valence-electron chi connectivity index (χ0n) is 34.3. The number of anilines is 2. The molecule has 2 atom stereocenters. The number of halogens is 1. The highest BCUT2D eigenvalue weighted by Crippen LogP contribution is 2.40. The van der Waals surface area contributed by atoms with Crippen LogP contribution >= 0.6 is 22.9 Å². The lowest BCUT2D eigenvalue weighted by Crippen LogP contribution is -2.45. The minimum Gasteiger partial charge on any atom is -0.491 e. The summed E-state index contributed by atoms with van der Waals surface area (Å²) in [6.07, 6.45) is 1.96. The highest BCUT2D eigenvalue weighted by molar-refractivity contribution is 7.15. The number of hydrogen-bond acceptors (Lipinski definition) is 13. The summed E-state index contributed by atoms with van der Waals surface area (Å²) in [5, 5.41) is 24.3. The van der Waals surface area contributed by atoms with Gasteiger partial charge in [0.1, 0.15) is 35.3 Å². The zero-order chi connectivity index (χ0) is 43.3. The average molecular weight is 878 g/mol. The second-order valence-corrected chi connectivity index (χ2v) is 16.5. The Morgan fingerprint density at radius 3 is 2.52 bits per heavy atom. The molecule has 0 radical (unpaired) electrons. The maximum absolute atomic E-state index is 13.6. The number of amides is 3. The number of rotatable bonds is 16. The van der Waals surface area contributed by atoms with Crippen LogP contribution in [0, 0.1) is 20.8 Å². The fraction of sp³-hybridized carbons (Fsp3) is 0.318. The predicted molar refractivity (Wildman–Crippen MR) is 236 cm³/mol. The average Bonchev–Trinajstić information content (AvgIpc) is 3.73. The van der Waals surface area contributed by atoms with E-state index in [-0.39, 0.29) is 31.1 Å². The number of hydrogen-bond donors (Lipinski definition) is 3. The molecule has 8 rings (SSSR count). The van der Waals surface area contributed by atoms with Crippen LogP contribution in [0.3, 0.4) is 0 Å². The van der Waals surface area contributed by atoms with Gasteiger partial charge in [0, 0.05) is 56.8 Å². The summed E-state index contributed by atoms with van der Waals surface area (Å²) in [5.41, 5.74) is 4.69. The van der Waals surface area contributed by atoms with Crippen LogP contribution in [0.5, 0.6) is 5.75 Å². The monoisotopic (exact) mass is 877 g/mol. The van der Waals surface area contributed by atoms with Gasteiger partial charge < -0.3 is 24.8 Å². The Hall–Kier alpha value is -6.27. The van der Waals surface area contributed by atoms with E-state index >= 15 is 0 Å². The van der Waals surface area contributed by atoms with E-state index in [1.54, 1.807) is 41.8 Å². The lowest BCUT2D eigenvalue weighted by molar-refractivity contribution is -0.136. The van der Waals surface area contributed by atoms with Crippen molar-refractivity contribution in [3.8, 4) is 10.8 Å². The van der Waals surface area contributed by atoms with Crippen LogP contribution in [0.1, 0.15) is 64.6 Å². The third-order valence-electron chi connectivity index (χ3n) is 10.6. The Bertz CT molecular complexity index is 2750. The van der Waals surface area contributed by atoms with Gasteiger partial charge in [0.05, 0.1) is 50.1 Å². The van der Waals surface area contributed by atoms with Gasteiger partial charge in [0.25, 0.3) is 11.5 Å². The molecule has 3 aromatic carbocycles. The molecular weight excluding hydrogens is 834 g/mol. The molecule has 2 aliphatic rings. The van der Waals surface area contributed by atoms with Crippen LogP contribution in [-0.4, -0.2) is 87.6 Å². The second-order valence-electron chi connectivity index (χ2n) is 14.8. The fourth-order valence-corrected chi connectivity index (χ4v) is 8.80. The number of nitrogens with zero attached hydrogens (tertiary/aromatic N) is 6. The van der Waals surface area contributed by atoms with Crippen molar-refractivity contribution < 1.29 is 28.6 Å². The number of thiophene rings is 1. The van der Waals surface area contributed by atoms with Gasteiger partial charge in [-0.05, 0) is 69.2 Å². The molecule has 1 saturated heterocycles. The van der Waals surface area contributed by atoms with Gasteiger partial charge in [0.15, 0.2) is 5.82 Å². The molecule has 3 N–H and O–H groups in total. The highest BCUT2D eigenvalue weighted by atomic mass is 35.5. The number of imide groups is 1. The van der Waals surface area contributed by atoms with Crippen LogP contribution in [-0.2, 0) is 23.9 Å². The number of piperidine rings is 1. The smallest absolute Gasteiger partial charge is 0.275 e. The summed E-state index contributed by atoms with van der Waals surface area (Å²) in [7, 11) is 0. The molecule has 2 aliphatic heterocycles. The third kappa shape index (κ3) is 9.16. The van der Waals surface area contributed by atoms with Crippen LogP contribution < -0.4 is 26.2 Å². The molecule has 0 aliphatic carbocycles. The van der Waals surface area contributed by atoms with Crippen molar-refractivity contribution in [2.75, 3.05) is 50.2 Å². The highest BCUT2D eigenvalue weighted by Gasteiger charge is 2.33. The number of benzene rings is 3. The lowest BCUT2D eigenvalue weighted by Gasteiger charge is -2.22. The third-order valence-corrected chi connectivity index (χ3v) is 12.1. The molecule has 1 unspecified atom stereocenters. The number of carbonyl (C=O) groups is 3. The molecule has 3 amide bonds. The Labute approximate surface area is 365 Å². The van der Waals surface area contributed by atoms with Gasteiger partial charge >= 0.3 is 0 Å². The molecule has 0 bridgehead atoms. The van der Waals surface area contributed by atoms with Crippen LogP contribution in [0.25, 0.3) is 15.8 Å². The van der Waals surface area contributed by atoms with Gasteiger partial charge in [-0.2, -0.15) is 5.10 Å². The van der Waals surface area contributed by atoms with E-state index in [0.29, 0.717) is 78.3 Å². The van der Waals surface area contributed by atoms with E-state index in [9.17, 15) is 19.2 Å². The normalized spacial score (nSPS) is 16.0. The number of fused-ring (bicyclic) bond motifs is 4. The van der Waals surface area contributed by atoms with E-state index in [4.69, 9.17) is 30.8 Å². The zero-order valence-corrected chi connectivity index (χ0v) is 35.8. The Morgan fingerprint density at radius 2 is 1.71 bits per heavy atom. The first-order chi connectivity index (χ1) is 30.0. The van der Waals surface area contributed by atoms with E-state index in [1.807, 2.05) is 54.0 Å². The second kappa shape index (κ2) is 18.8. The van der Waals surface area contributed by atoms with Crippen molar-refractivity contribution in [1.82, 2.24) is 29.9 Å². The van der Waals surface area contributed by atoms with Gasteiger partial charge in [0.2, 0.25) is 11.8 Å². The van der Waals surface area contributed by atoms with E-state index < -0.39 is 23.6 Å². The van der Waals surface area contributed by atoms with Crippen LogP contribution in [0.2, 0.25) is 5.02 Å². The first-order valence-corrected chi connectivity index (χ1v) is 21.4. The van der Waals surface area contributed by atoms with Gasteiger partial charge in [-0.3, -0.25) is 34.1 Å².